The molecule has 0 bridgehead atoms. The summed E-state index contributed by atoms with van der Waals surface area (Å²) in [4.78, 5) is 20.8. The quantitative estimate of drug-likeness (QED) is 0.152. The molecule has 0 unspecified atom stereocenters. The van der Waals surface area contributed by atoms with E-state index in [4.69, 9.17) is 19.9 Å². The third-order valence-corrected chi connectivity index (χ3v) is 11.1. The van der Waals surface area contributed by atoms with E-state index in [1.807, 2.05) is 36.4 Å². The minimum atomic E-state index is 0.675. The summed E-state index contributed by atoms with van der Waals surface area (Å²) in [6, 6.07) is 69.5. The number of hydrogen-bond acceptors (Lipinski definition) is 4. The Kier molecular flexibility index (Phi) is 8.41. The van der Waals surface area contributed by atoms with Gasteiger partial charge in [0, 0.05) is 56.4 Å². The average molecular weight is 754 g/mol. The minimum Gasteiger partial charge on any atom is -0.306 e. The van der Waals surface area contributed by atoms with Crippen molar-refractivity contribution >= 4 is 27.3 Å². The predicted molar refractivity (Wildman–Crippen MR) is 242 cm³/mol. The summed E-state index contributed by atoms with van der Waals surface area (Å²) in [5, 5.41) is 3.22. The molecule has 0 saturated carbocycles. The zero-order valence-electron chi connectivity index (χ0n) is 31.9. The van der Waals surface area contributed by atoms with Gasteiger partial charge in [-0.1, -0.05) is 182 Å². The van der Waals surface area contributed by atoms with Gasteiger partial charge < -0.3 is 4.40 Å². The summed E-state index contributed by atoms with van der Waals surface area (Å²) in [6.45, 7) is 0. The molecular weight excluding hydrogens is 719 g/mol. The summed E-state index contributed by atoms with van der Waals surface area (Å²) in [5.41, 5.74) is 15.2. The first-order chi connectivity index (χ1) is 29.2. The van der Waals surface area contributed by atoms with Gasteiger partial charge in [0.25, 0.3) is 0 Å². The van der Waals surface area contributed by atoms with Crippen LogP contribution in [-0.2, 0) is 0 Å². The molecular formula is C54H35N5. The van der Waals surface area contributed by atoms with Gasteiger partial charge in [0.1, 0.15) is 5.65 Å². The number of rotatable bonds is 7. The summed E-state index contributed by atoms with van der Waals surface area (Å²) in [7, 11) is 0. The highest BCUT2D eigenvalue weighted by molar-refractivity contribution is 6.16. The van der Waals surface area contributed by atoms with Crippen LogP contribution in [0.5, 0.6) is 0 Å². The van der Waals surface area contributed by atoms with E-state index in [1.54, 1.807) is 0 Å². The Morgan fingerprint density at radius 2 is 0.780 bits per heavy atom. The SMILES string of the molecule is c1ccc(-c2ccc(-c3cc(-c4ccc(-c5nc6ccccc6c6c5ccn5cc(-c7ccccc7)nc65)cc4)nc(-c4ccc(-c5ccccc5)cc4)n3)cc2)cc1. The van der Waals surface area contributed by atoms with Gasteiger partial charge in [-0.25, -0.2) is 19.9 Å². The lowest BCUT2D eigenvalue weighted by atomic mass is 9.99. The first kappa shape index (κ1) is 34.2. The van der Waals surface area contributed by atoms with Gasteiger partial charge >= 0.3 is 0 Å². The van der Waals surface area contributed by atoms with Crippen LogP contribution in [0, 0.1) is 0 Å². The largest absolute Gasteiger partial charge is 0.306 e. The number of para-hydroxylation sites is 1. The molecule has 0 spiro atoms. The van der Waals surface area contributed by atoms with Crippen LogP contribution < -0.4 is 0 Å². The fourth-order valence-electron chi connectivity index (χ4n) is 8.02. The second-order valence-corrected chi connectivity index (χ2v) is 14.7. The molecule has 4 heterocycles. The Morgan fingerprint density at radius 3 is 1.37 bits per heavy atom. The van der Waals surface area contributed by atoms with Gasteiger partial charge in [-0.15, -0.1) is 0 Å². The van der Waals surface area contributed by atoms with E-state index in [2.05, 4.69) is 181 Å². The molecule has 0 aliphatic carbocycles. The zero-order chi connectivity index (χ0) is 39.1. The van der Waals surface area contributed by atoms with Gasteiger partial charge in [0.15, 0.2) is 5.82 Å². The third kappa shape index (κ3) is 6.41. The number of benzene rings is 7. The number of aromatic nitrogens is 5. The number of pyridine rings is 2. The number of fused-ring (bicyclic) bond motifs is 5. The van der Waals surface area contributed by atoms with Crippen molar-refractivity contribution in [3.8, 4) is 78.7 Å². The van der Waals surface area contributed by atoms with Gasteiger partial charge in [-0.2, -0.15) is 0 Å². The van der Waals surface area contributed by atoms with E-state index in [1.165, 1.54) is 11.1 Å². The molecule has 0 amide bonds. The van der Waals surface area contributed by atoms with Crippen LogP contribution in [0.3, 0.4) is 0 Å². The van der Waals surface area contributed by atoms with E-state index in [9.17, 15) is 0 Å². The molecule has 4 aromatic heterocycles. The van der Waals surface area contributed by atoms with Crippen molar-refractivity contribution in [1.29, 1.82) is 0 Å². The highest BCUT2D eigenvalue weighted by Crippen LogP contribution is 2.37. The lowest BCUT2D eigenvalue weighted by Gasteiger charge is -2.13. The van der Waals surface area contributed by atoms with E-state index >= 15 is 0 Å². The third-order valence-electron chi connectivity index (χ3n) is 11.1. The van der Waals surface area contributed by atoms with Crippen molar-refractivity contribution in [3.05, 3.63) is 213 Å². The lowest BCUT2D eigenvalue weighted by molar-refractivity contribution is 1.18. The summed E-state index contributed by atoms with van der Waals surface area (Å²) in [6.07, 6.45) is 4.20. The zero-order valence-corrected chi connectivity index (χ0v) is 31.9. The van der Waals surface area contributed by atoms with Crippen molar-refractivity contribution < 1.29 is 0 Å². The molecule has 11 rings (SSSR count). The summed E-state index contributed by atoms with van der Waals surface area (Å²) < 4.78 is 2.12. The van der Waals surface area contributed by atoms with Crippen LogP contribution in [-0.4, -0.2) is 24.3 Å². The summed E-state index contributed by atoms with van der Waals surface area (Å²) in [5.74, 6) is 0.675. The molecule has 5 nitrogen and oxygen atoms in total. The van der Waals surface area contributed by atoms with Crippen LogP contribution in [0.25, 0.3) is 106 Å². The fraction of sp³-hybridized carbons (Fsp3) is 0. The lowest BCUT2D eigenvalue weighted by Crippen LogP contribution is -1.96. The maximum absolute atomic E-state index is 5.25. The Balaban J connectivity index is 1.01. The van der Waals surface area contributed by atoms with Gasteiger partial charge in [-0.05, 0) is 40.5 Å². The minimum absolute atomic E-state index is 0.675. The first-order valence-electron chi connectivity index (χ1n) is 19.8. The topological polar surface area (TPSA) is 56.0 Å². The smallest absolute Gasteiger partial charge is 0.160 e. The molecule has 276 valence electrons. The first-order valence-corrected chi connectivity index (χ1v) is 19.8. The number of imidazole rings is 1. The maximum Gasteiger partial charge on any atom is 0.160 e. The van der Waals surface area contributed by atoms with Crippen molar-refractivity contribution in [1.82, 2.24) is 24.3 Å². The Hall–Kier alpha value is -8.02. The van der Waals surface area contributed by atoms with E-state index in [-0.39, 0.29) is 0 Å². The fourth-order valence-corrected chi connectivity index (χ4v) is 8.02. The monoisotopic (exact) mass is 753 g/mol. The van der Waals surface area contributed by atoms with Gasteiger partial charge in [-0.3, -0.25) is 0 Å². The Bertz CT molecular complexity index is 3170. The Morgan fingerprint density at radius 1 is 0.322 bits per heavy atom. The molecule has 0 aliphatic rings. The van der Waals surface area contributed by atoms with Crippen molar-refractivity contribution in [2.45, 2.75) is 0 Å². The highest BCUT2D eigenvalue weighted by atomic mass is 15.0. The van der Waals surface area contributed by atoms with E-state index in [0.717, 1.165) is 89.0 Å². The molecule has 0 N–H and O–H groups in total. The van der Waals surface area contributed by atoms with Crippen molar-refractivity contribution in [2.24, 2.45) is 0 Å². The second kappa shape index (κ2) is 14.5. The van der Waals surface area contributed by atoms with E-state index in [0.29, 0.717) is 5.82 Å². The number of nitrogens with zero attached hydrogens (tertiary/aromatic N) is 5. The second-order valence-electron chi connectivity index (χ2n) is 14.7. The molecule has 7 aromatic carbocycles. The molecule has 0 saturated heterocycles. The Labute approximate surface area is 341 Å². The molecule has 5 heteroatoms. The molecule has 11 aromatic rings. The van der Waals surface area contributed by atoms with Crippen LogP contribution in [0.15, 0.2) is 213 Å². The van der Waals surface area contributed by atoms with Gasteiger partial charge in [0.2, 0.25) is 0 Å². The van der Waals surface area contributed by atoms with Crippen molar-refractivity contribution in [2.75, 3.05) is 0 Å². The average Bonchev–Trinajstić information content (AvgIpc) is 3.77. The van der Waals surface area contributed by atoms with Crippen molar-refractivity contribution in [3.63, 3.8) is 0 Å². The van der Waals surface area contributed by atoms with Crippen LogP contribution in [0.1, 0.15) is 0 Å². The van der Waals surface area contributed by atoms with E-state index < -0.39 is 0 Å². The maximum atomic E-state index is 5.25. The molecule has 0 aliphatic heterocycles. The van der Waals surface area contributed by atoms with Crippen LogP contribution in [0.2, 0.25) is 0 Å². The number of hydrogen-bond donors (Lipinski definition) is 0. The molecule has 59 heavy (non-hydrogen) atoms. The molecule has 0 radical (unpaired) electrons. The van der Waals surface area contributed by atoms with Crippen LogP contribution in [0.4, 0.5) is 0 Å². The highest BCUT2D eigenvalue weighted by Gasteiger charge is 2.17. The van der Waals surface area contributed by atoms with Crippen LogP contribution >= 0.6 is 0 Å². The molecule has 0 atom stereocenters. The normalized spacial score (nSPS) is 11.4. The summed E-state index contributed by atoms with van der Waals surface area (Å²) >= 11 is 0. The van der Waals surface area contributed by atoms with Gasteiger partial charge in [0.05, 0.1) is 28.3 Å². The standard InChI is InChI=1S/C54H35N5/c1-4-12-36(13-5-1)38-20-24-41(25-21-38)48-34-49(57-53(56-48)44-30-22-39(23-31-44)37-14-6-2-7-15-37)42-26-28-43(29-27-42)52-46-32-33-59-35-50(40-16-8-3-9-17-40)58-54(59)51(46)45-18-10-11-19-47(45)55-52/h1-35H. The predicted octanol–water partition coefficient (Wildman–Crippen LogP) is 13.5. The molecule has 0 fully saturated rings.